The van der Waals surface area contributed by atoms with E-state index in [1.165, 1.54) is 11.8 Å². The van der Waals surface area contributed by atoms with E-state index in [1.807, 2.05) is 24.3 Å². The van der Waals surface area contributed by atoms with Gasteiger partial charge in [0.2, 0.25) is 5.89 Å². The number of anilines is 1. The predicted octanol–water partition coefficient (Wildman–Crippen LogP) is 2.66. The Kier molecular flexibility index (Phi) is 2.64. The molecule has 3 rings (SSSR count). The van der Waals surface area contributed by atoms with E-state index in [4.69, 9.17) is 10.2 Å². The van der Waals surface area contributed by atoms with Crippen LogP contribution in [0.1, 0.15) is 5.89 Å². The van der Waals surface area contributed by atoms with Crippen LogP contribution < -0.4 is 5.73 Å². The van der Waals surface area contributed by atoms with E-state index in [-0.39, 0.29) is 0 Å². The number of nitrogen functional groups attached to an aromatic ring is 1. The van der Waals surface area contributed by atoms with Crippen molar-refractivity contribution in [1.82, 2.24) is 15.2 Å². The molecule has 0 aliphatic carbocycles. The molecule has 2 aromatic heterocycles. The average Bonchev–Trinajstić information content (AvgIpc) is 2.79. The molecule has 0 amide bonds. The maximum absolute atomic E-state index is 5.97. The second-order valence-corrected chi connectivity index (χ2v) is 4.71. The Morgan fingerprint density at radius 2 is 2.06 bits per heavy atom. The van der Waals surface area contributed by atoms with Crippen molar-refractivity contribution >= 4 is 28.4 Å². The molecule has 1 aromatic carbocycles. The van der Waals surface area contributed by atoms with Crippen LogP contribution in [0.25, 0.3) is 10.9 Å². The Morgan fingerprint density at radius 3 is 2.83 bits per heavy atom. The normalized spacial score (nSPS) is 10.9. The fourth-order valence-electron chi connectivity index (χ4n) is 1.65. The lowest BCUT2D eigenvalue weighted by molar-refractivity contribution is 0.429. The first-order valence-electron chi connectivity index (χ1n) is 5.35. The maximum atomic E-state index is 5.97. The highest BCUT2D eigenvalue weighted by atomic mass is 32.2. The van der Waals surface area contributed by atoms with Gasteiger partial charge in [0, 0.05) is 12.3 Å². The summed E-state index contributed by atoms with van der Waals surface area (Å²) in [5.41, 5.74) is 7.47. The van der Waals surface area contributed by atoms with E-state index in [0.717, 1.165) is 15.8 Å². The van der Waals surface area contributed by atoms with Gasteiger partial charge in [-0.3, -0.25) is 4.98 Å². The highest BCUT2D eigenvalue weighted by molar-refractivity contribution is 7.99. The fourth-order valence-corrected chi connectivity index (χ4v) is 2.52. The number of nitrogens with zero attached hydrogens (tertiary/aromatic N) is 3. The van der Waals surface area contributed by atoms with E-state index >= 15 is 0 Å². The predicted molar refractivity (Wildman–Crippen MR) is 69.3 cm³/mol. The minimum Gasteiger partial charge on any atom is -0.416 e. The fraction of sp³-hybridized carbons (Fsp3) is 0.0833. The van der Waals surface area contributed by atoms with E-state index in [0.29, 0.717) is 16.8 Å². The molecule has 0 radical (unpaired) electrons. The molecule has 0 atom stereocenters. The van der Waals surface area contributed by atoms with Crippen LogP contribution >= 0.6 is 11.8 Å². The summed E-state index contributed by atoms with van der Waals surface area (Å²) < 4.78 is 5.36. The molecule has 0 spiro atoms. The van der Waals surface area contributed by atoms with Gasteiger partial charge in [0.05, 0.1) is 22.3 Å². The number of para-hydroxylation sites is 1. The monoisotopic (exact) mass is 258 g/mol. The largest absolute Gasteiger partial charge is 0.416 e. The summed E-state index contributed by atoms with van der Waals surface area (Å²) in [6.07, 6.45) is 1.65. The minimum atomic E-state index is 0.482. The van der Waals surface area contributed by atoms with Crippen LogP contribution in [0.5, 0.6) is 0 Å². The topological polar surface area (TPSA) is 77.8 Å². The van der Waals surface area contributed by atoms with Crippen LogP contribution in [0, 0.1) is 6.92 Å². The van der Waals surface area contributed by atoms with Crippen molar-refractivity contribution in [3.05, 3.63) is 36.4 Å². The first-order chi connectivity index (χ1) is 8.74. The lowest BCUT2D eigenvalue weighted by Gasteiger charge is -2.06. The zero-order chi connectivity index (χ0) is 12.5. The molecule has 0 unspecified atom stereocenters. The molecule has 2 heterocycles. The molecule has 0 aliphatic heterocycles. The number of aromatic nitrogens is 3. The van der Waals surface area contributed by atoms with Crippen molar-refractivity contribution in [2.45, 2.75) is 17.0 Å². The molecule has 6 heteroatoms. The lowest BCUT2D eigenvalue weighted by Crippen LogP contribution is -1.92. The molecule has 90 valence electrons. The lowest BCUT2D eigenvalue weighted by atomic mass is 10.2. The molecule has 0 saturated carbocycles. The molecule has 18 heavy (non-hydrogen) atoms. The quantitative estimate of drug-likeness (QED) is 0.761. The summed E-state index contributed by atoms with van der Waals surface area (Å²) in [5.74, 6) is 0.537. The number of hydrogen-bond acceptors (Lipinski definition) is 6. The van der Waals surface area contributed by atoms with Crippen LogP contribution in [0.3, 0.4) is 0 Å². The second kappa shape index (κ2) is 4.30. The Morgan fingerprint density at radius 1 is 1.22 bits per heavy atom. The number of hydrogen-bond donors (Lipinski definition) is 1. The number of nitrogens with two attached hydrogens (primary N) is 1. The zero-order valence-corrected chi connectivity index (χ0v) is 10.4. The molecule has 5 nitrogen and oxygen atoms in total. The van der Waals surface area contributed by atoms with E-state index in [9.17, 15) is 0 Å². The van der Waals surface area contributed by atoms with Crippen LogP contribution in [0.4, 0.5) is 5.69 Å². The number of aryl methyl sites for hydroxylation is 1. The summed E-state index contributed by atoms with van der Waals surface area (Å²) in [6, 6.07) is 7.81. The van der Waals surface area contributed by atoms with Crippen molar-refractivity contribution in [3.8, 4) is 0 Å². The van der Waals surface area contributed by atoms with Crippen LogP contribution in [0.2, 0.25) is 0 Å². The zero-order valence-electron chi connectivity index (χ0n) is 9.62. The number of rotatable bonds is 2. The Balaban J connectivity index is 2.12. The highest BCUT2D eigenvalue weighted by Gasteiger charge is 2.12. The van der Waals surface area contributed by atoms with Gasteiger partial charge in [0.15, 0.2) is 0 Å². The summed E-state index contributed by atoms with van der Waals surface area (Å²) >= 11 is 1.36. The molecular weight excluding hydrogens is 248 g/mol. The maximum Gasteiger partial charge on any atom is 0.281 e. The van der Waals surface area contributed by atoms with Gasteiger partial charge in [0.25, 0.3) is 5.22 Å². The highest BCUT2D eigenvalue weighted by Crippen LogP contribution is 2.36. The third kappa shape index (κ3) is 1.91. The van der Waals surface area contributed by atoms with Gasteiger partial charge in [0.1, 0.15) is 0 Å². The molecule has 0 saturated heterocycles. The smallest absolute Gasteiger partial charge is 0.281 e. The van der Waals surface area contributed by atoms with Crippen molar-refractivity contribution in [2.75, 3.05) is 5.73 Å². The minimum absolute atomic E-state index is 0.482. The van der Waals surface area contributed by atoms with Gasteiger partial charge in [-0.05, 0) is 17.8 Å². The van der Waals surface area contributed by atoms with Gasteiger partial charge in [-0.25, -0.2) is 0 Å². The standard InChI is InChI=1S/C12H10N4OS/c1-7-15-16-12(17-7)18-11-8-4-2-3-5-10(8)14-6-9(11)13/h2-6H,13H2,1H3. The molecular formula is C12H10N4OS. The summed E-state index contributed by atoms with van der Waals surface area (Å²) in [4.78, 5) is 5.18. The first-order valence-corrected chi connectivity index (χ1v) is 6.17. The third-order valence-corrected chi connectivity index (χ3v) is 3.45. The van der Waals surface area contributed by atoms with Gasteiger partial charge >= 0.3 is 0 Å². The number of benzene rings is 1. The Bertz CT molecular complexity index is 710. The SMILES string of the molecule is Cc1nnc(Sc2c(N)cnc3ccccc23)o1. The van der Waals surface area contributed by atoms with Gasteiger partial charge < -0.3 is 10.2 Å². The first kappa shape index (κ1) is 11.0. The number of pyridine rings is 1. The van der Waals surface area contributed by atoms with Crippen LogP contribution in [-0.2, 0) is 0 Å². The van der Waals surface area contributed by atoms with Crippen LogP contribution in [0.15, 0.2) is 45.0 Å². The van der Waals surface area contributed by atoms with Crippen molar-refractivity contribution < 1.29 is 4.42 Å². The van der Waals surface area contributed by atoms with Crippen molar-refractivity contribution in [1.29, 1.82) is 0 Å². The van der Waals surface area contributed by atoms with Crippen molar-refractivity contribution in [2.24, 2.45) is 0 Å². The summed E-state index contributed by atoms with van der Waals surface area (Å²) in [7, 11) is 0. The Labute approximate surface area is 107 Å². The number of fused-ring (bicyclic) bond motifs is 1. The third-order valence-electron chi connectivity index (χ3n) is 2.45. The summed E-state index contributed by atoms with van der Waals surface area (Å²) in [6.45, 7) is 1.76. The Hall–Kier alpha value is -2.08. The van der Waals surface area contributed by atoms with Gasteiger partial charge in [-0.1, -0.05) is 18.2 Å². The van der Waals surface area contributed by atoms with E-state index in [2.05, 4.69) is 15.2 Å². The summed E-state index contributed by atoms with van der Waals surface area (Å²) in [5, 5.41) is 9.22. The average molecular weight is 258 g/mol. The molecule has 0 fully saturated rings. The molecule has 0 aliphatic rings. The molecule has 2 N–H and O–H groups in total. The van der Waals surface area contributed by atoms with Gasteiger partial charge in [-0.15, -0.1) is 10.2 Å². The van der Waals surface area contributed by atoms with Crippen LogP contribution in [-0.4, -0.2) is 15.2 Å². The van der Waals surface area contributed by atoms with Gasteiger partial charge in [-0.2, -0.15) is 0 Å². The molecule has 0 bridgehead atoms. The molecule has 3 aromatic rings. The van der Waals surface area contributed by atoms with E-state index < -0.39 is 0 Å². The van der Waals surface area contributed by atoms with E-state index in [1.54, 1.807) is 13.1 Å². The van der Waals surface area contributed by atoms with Crippen molar-refractivity contribution in [3.63, 3.8) is 0 Å². The second-order valence-electron chi connectivity index (χ2n) is 3.75.